The monoisotopic (exact) mass is 648 g/mol. The third-order valence-electron chi connectivity index (χ3n) is 9.43. The van der Waals surface area contributed by atoms with Crippen LogP contribution >= 0.6 is 0 Å². The zero-order valence-electron chi connectivity index (χ0n) is 31.1. The van der Waals surface area contributed by atoms with E-state index in [0.29, 0.717) is 6.42 Å². The van der Waals surface area contributed by atoms with E-state index in [-0.39, 0.29) is 12.5 Å². The molecule has 0 aliphatic carbocycles. The van der Waals surface area contributed by atoms with E-state index < -0.39 is 12.1 Å². The Bertz CT molecular complexity index is 661. The highest BCUT2D eigenvalue weighted by molar-refractivity contribution is 5.76. The normalized spacial score (nSPS) is 13.2. The van der Waals surface area contributed by atoms with Crippen molar-refractivity contribution < 1.29 is 15.0 Å². The summed E-state index contributed by atoms with van der Waals surface area (Å²) in [6.45, 7) is 4.30. The average molecular weight is 648 g/mol. The van der Waals surface area contributed by atoms with Gasteiger partial charge in [-0.3, -0.25) is 4.79 Å². The first-order valence-electron chi connectivity index (χ1n) is 20.6. The van der Waals surface area contributed by atoms with Gasteiger partial charge in [0.25, 0.3) is 0 Å². The van der Waals surface area contributed by atoms with Gasteiger partial charge in [-0.1, -0.05) is 192 Å². The summed E-state index contributed by atoms with van der Waals surface area (Å²) in [5.41, 5.74) is 0. The number of carbonyl (C=O) groups excluding carboxylic acids is 1. The molecule has 0 rings (SSSR count). The van der Waals surface area contributed by atoms with E-state index in [4.69, 9.17) is 0 Å². The number of aliphatic hydroxyl groups excluding tert-OH is 2. The van der Waals surface area contributed by atoms with E-state index in [2.05, 4.69) is 31.3 Å². The van der Waals surface area contributed by atoms with Gasteiger partial charge in [0, 0.05) is 6.42 Å². The van der Waals surface area contributed by atoms with Crippen LogP contribution in [0.15, 0.2) is 24.3 Å². The Morgan fingerprint density at radius 2 is 0.826 bits per heavy atom. The second-order valence-electron chi connectivity index (χ2n) is 14.1. The average Bonchev–Trinajstić information content (AvgIpc) is 3.06. The summed E-state index contributed by atoms with van der Waals surface area (Å²) in [6, 6.07) is -0.618. The molecule has 4 heteroatoms. The van der Waals surface area contributed by atoms with Crippen molar-refractivity contribution >= 4 is 5.91 Å². The molecule has 0 saturated heterocycles. The van der Waals surface area contributed by atoms with Crippen molar-refractivity contribution in [2.24, 2.45) is 0 Å². The highest BCUT2D eigenvalue weighted by Gasteiger charge is 2.17. The van der Waals surface area contributed by atoms with Crippen molar-refractivity contribution in [3.63, 3.8) is 0 Å². The van der Waals surface area contributed by atoms with Gasteiger partial charge in [0.15, 0.2) is 0 Å². The summed E-state index contributed by atoms with van der Waals surface area (Å²) < 4.78 is 0. The maximum atomic E-state index is 12.3. The topological polar surface area (TPSA) is 69.6 Å². The molecular formula is C42H81NO3. The molecular weight excluding hydrogens is 566 g/mol. The lowest BCUT2D eigenvalue weighted by atomic mass is 10.0. The van der Waals surface area contributed by atoms with E-state index >= 15 is 0 Å². The molecule has 0 fully saturated rings. The fourth-order valence-electron chi connectivity index (χ4n) is 6.23. The minimum Gasteiger partial charge on any atom is -0.394 e. The number of hydrogen-bond donors (Lipinski definition) is 3. The van der Waals surface area contributed by atoms with E-state index in [1.807, 2.05) is 6.08 Å². The lowest BCUT2D eigenvalue weighted by molar-refractivity contribution is -0.123. The summed E-state index contributed by atoms with van der Waals surface area (Å²) in [5.74, 6) is -0.0647. The molecule has 0 aliphatic heterocycles. The fourth-order valence-corrected chi connectivity index (χ4v) is 6.23. The largest absolute Gasteiger partial charge is 0.394 e. The first-order chi connectivity index (χ1) is 22.7. The minimum absolute atomic E-state index is 0.0647. The zero-order chi connectivity index (χ0) is 33.6. The highest BCUT2D eigenvalue weighted by Crippen LogP contribution is 2.14. The van der Waals surface area contributed by atoms with E-state index in [0.717, 1.165) is 25.7 Å². The van der Waals surface area contributed by atoms with Crippen LogP contribution in [0.25, 0.3) is 0 Å². The van der Waals surface area contributed by atoms with Gasteiger partial charge < -0.3 is 15.5 Å². The van der Waals surface area contributed by atoms with Crippen molar-refractivity contribution in [2.45, 2.75) is 231 Å². The molecule has 0 bridgehead atoms. The second kappa shape index (κ2) is 38.3. The molecule has 0 aromatic heterocycles. The van der Waals surface area contributed by atoms with Crippen LogP contribution < -0.4 is 5.32 Å². The first kappa shape index (κ1) is 44.9. The Labute approximate surface area is 288 Å². The van der Waals surface area contributed by atoms with Crippen LogP contribution in [-0.4, -0.2) is 34.9 Å². The van der Waals surface area contributed by atoms with Crippen LogP contribution in [0.5, 0.6) is 0 Å². The lowest BCUT2D eigenvalue weighted by Gasteiger charge is -2.20. The Balaban J connectivity index is 3.55. The summed E-state index contributed by atoms with van der Waals surface area (Å²) in [4.78, 5) is 12.3. The van der Waals surface area contributed by atoms with Gasteiger partial charge in [-0.05, 0) is 44.9 Å². The number of hydrogen-bond acceptors (Lipinski definition) is 3. The van der Waals surface area contributed by atoms with Crippen molar-refractivity contribution in [2.75, 3.05) is 6.61 Å². The van der Waals surface area contributed by atoms with Gasteiger partial charge >= 0.3 is 0 Å². The molecule has 0 heterocycles. The SMILES string of the molecule is CCCCCCCC/C=C\CCCCCCCCCCCCCC(=O)N[C@@H](CO)[C@H](O)/C=C\CCCCCCCCCCCCC. The Morgan fingerprint density at radius 3 is 1.20 bits per heavy atom. The second-order valence-corrected chi connectivity index (χ2v) is 14.1. The number of carbonyl (C=O) groups is 1. The van der Waals surface area contributed by atoms with Crippen LogP contribution in [0, 0.1) is 0 Å². The molecule has 2 atom stereocenters. The van der Waals surface area contributed by atoms with Crippen LogP contribution in [0.3, 0.4) is 0 Å². The molecule has 1 amide bonds. The van der Waals surface area contributed by atoms with Gasteiger partial charge in [0.2, 0.25) is 5.91 Å². The van der Waals surface area contributed by atoms with E-state index in [1.54, 1.807) is 6.08 Å². The first-order valence-corrected chi connectivity index (χ1v) is 20.6. The molecule has 3 N–H and O–H groups in total. The molecule has 0 saturated carbocycles. The molecule has 0 aliphatic rings. The maximum absolute atomic E-state index is 12.3. The van der Waals surface area contributed by atoms with Gasteiger partial charge in [-0.25, -0.2) is 0 Å². The number of allylic oxidation sites excluding steroid dienone is 3. The number of amides is 1. The molecule has 4 nitrogen and oxygen atoms in total. The summed E-state index contributed by atoms with van der Waals surface area (Å²) in [6.07, 6.45) is 48.4. The molecule has 46 heavy (non-hydrogen) atoms. The number of nitrogens with one attached hydrogen (secondary N) is 1. The highest BCUT2D eigenvalue weighted by atomic mass is 16.3. The summed E-state index contributed by atoms with van der Waals surface area (Å²) in [5, 5.41) is 22.9. The molecule has 0 aromatic rings. The van der Waals surface area contributed by atoms with E-state index in [1.165, 1.54) is 173 Å². The van der Waals surface area contributed by atoms with Gasteiger partial charge in [-0.15, -0.1) is 0 Å². The van der Waals surface area contributed by atoms with Crippen LogP contribution in [0.4, 0.5) is 0 Å². The summed E-state index contributed by atoms with van der Waals surface area (Å²) >= 11 is 0. The number of unbranched alkanes of at least 4 members (excludes halogenated alkanes) is 28. The smallest absolute Gasteiger partial charge is 0.220 e. The van der Waals surface area contributed by atoms with Crippen molar-refractivity contribution in [1.29, 1.82) is 0 Å². The molecule has 0 spiro atoms. The molecule has 0 aromatic carbocycles. The quantitative estimate of drug-likeness (QED) is 0.0464. The van der Waals surface area contributed by atoms with Crippen molar-refractivity contribution in [3.8, 4) is 0 Å². The van der Waals surface area contributed by atoms with Gasteiger partial charge in [0.05, 0.1) is 18.8 Å². The Kier molecular flexibility index (Phi) is 37.4. The Morgan fingerprint density at radius 1 is 0.500 bits per heavy atom. The van der Waals surface area contributed by atoms with Crippen molar-refractivity contribution in [1.82, 2.24) is 5.32 Å². The maximum Gasteiger partial charge on any atom is 0.220 e. The van der Waals surface area contributed by atoms with Crippen LogP contribution in [-0.2, 0) is 4.79 Å². The van der Waals surface area contributed by atoms with Crippen LogP contribution in [0.2, 0.25) is 0 Å². The molecule has 0 radical (unpaired) electrons. The van der Waals surface area contributed by atoms with Gasteiger partial charge in [0.1, 0.15) is 0 Å². The standard InChI is InChI=1S/C42H81NO3/c1-3-5-7-9-11-13-15-17-18-19-20-21-22-23-24-26-28-30-32-34-36-38-42(46)43-40(39-44)41(45)37-35-33-31-29-27-25-16-14-12-10-8-6-4-2/h17-18,35,37,40-41,44-45H,3-16,19-34,36,38-39H2,1-2H3,(H,43,46)/b18-17-,37-35-/t40-,41+/m0/s1. The lowest BCUT2D eigenvalue weighted by Crippen LogP contribution is -2.45. The molecule has 272 valence electrons. The fraction of sp³-hybridized carbons (Fsp3) is 0.881. The molecule has 0 unspecified atom stereocenters. The number of rotatable bonds is 37. The third kappa shape index (κ3) is 34.2. The zero-order valence-corrected chi connectivity index (χ0v) is 31.1. The van der Waals surface area contributed by atoms with Crippen LogP contribution in [0.1, 0.15) is 219 Å². The summed E-state index contributed by atoms with van der Waals surface area (Å²) in [7, 11) is 0. The van der Waals surface area contributed by atoms with E-state index in [9.17, 15) is 15.0 Å². The Hall–Kier alpha value is -1.13. The van der Waals surface area contributed by atoms with Crippen molar-refractivity contribution in [3.05, 3.63) is 24.3 Å². The predicted molar refractivity (Wildman–Crippen MR) is 202 cm³/mol. The third-order valence-corrected chi connectivity index (χ3v) is 9.43. The number of aliphatic hydroxyl groups is 2. The van der Waals surface area contributed by atoms with Gasteiger partial charge in [-0.2, -0.15) is 0 Å². The minimum atomic E-state index is -0.835. The predicted octanol–water partition coefficient (Wildman–Crippen LogP) is 12.5.